The lowest BCUT2D eigenvalue weighted by Crippen LogP contribution is -2.47. The van der Waals surface area contributed by atoms with Crippen LogP contribution in [0.15, 0.2) is 24.3 Å². The first kappa shape index (κ1) is 13.6. The first-order chi connectivity index (χ1) is 8.45. The second kappa shape index (κ2) is 5.02. The van der Waals surface area contributed by atoms with Gasteiger partial charge >= 0.3 is 0 Å². The zero-order chi connectivity index (χ0) is 13.3. The van der Waals surface area contributed by atoms with Crippen LogP contribution in [0, 0.1) is 5.92 Å². The van der Waals surface area contributed by atoms with Crippen molar-refractivity contribution in [3.63, 3.8) is 0 Å². The molecule has 0 unspecified atom stereocenters. The molecule has 0 amide bonds. The number of ketones is 1. The normalized spacial score (nSPS) is 28.7. The average Bonchev–Trinajstić information content (AvgIpc) is 2.33. The number of nitrogens with zero attached hydrogens (tertiary/aromatic N) is 1. The molecule has 1 saturated carbocycles. The third-order valence-electron chi connectivity index (χ3n) is 4.22. The molecule has 0 N–H and O–H groups in total. The summed E-state index contributed by atoms with van der Waals surface area (Å²) in [5, 5.41) is 0.757. The standard InChI is InChI=1S/C15H20ClNO/c1-11-10-15(17(2)3,9-8-14(11)18)12-4-6-13(16)7-5-12/h4-7,11H,8-10H2,1-3H3/t11-,15-/m1/s1. The van der Waals surface area contributed by atoms with Gasteiger partial charge in [0.15, 0.2) is 0 Å². The van der Waals surface area contributed by atoms with Gasteiger partial charge in [-0.1, -0.05) is 30.7 Å². The van der Waals surface area contributed by atoms with Gasteiger partial charge in [0.2, 0.25) is 0 Å². The van der Waals surface area contributed by atoms with E-state index in [4.69, 9.17) is 11.6 Å². The Morgan fingerprint density at radius 2 is 1.89 bits per heavy atom. The molecule has 1 fully saturated rings. The number of rotatable bonds is 2. The summed E-state index contributed by atoms with van der Waals surface area (Å²) < 4.78 is 0. The molecule has 0 aromatic heterocycles. The minimum absolute atomic E-state index is 0.0298. The predicted octanol–water partition coefficient (Wildman–Crippen LogP) is 3.49. The first-order valence-corrected chi connectivity index (χ1v) is 6.80. The molecule has 2 nitrogen and oxygen atoms in total. The second-order valence-electron chi connectivity index (χ2n) is 5.50. The number of hydrogen-bond acceptors (Lipinski definition) is 2. The van der Waals surface area contributed by atoms with Gasteiger partial charge in [-0.15, -0.1) is 0 Å². The number of halogens is 1. The van der Waals surface area contributed by atoms with Crippen LogP contribution in [-0.2, 0) is 10.3 Å². The van der Waals surface area contributed by atoms with Crippen molar-refractivity contribution in [2.45, 2.75) is 31.7 Å². The summed E-state index contributed by atoms with van der Waals surface area (Å²) in [4.78, 5) is 14.0. The highest BCUT2D eigenvalue weighted by Gasteiger charge is 2.41. The molecule has 0 aliphatic heterocycles. The summed E-state index contributed by atoms with van der Waals surface area (Å²) in [6.45, 7) is 2.04. The Hall–Kier alpha value is -0.860. The molecule has 0 bridgehead atoms. The lowest BCUT2D eigenvalue weighted by Gasteiger charge is -2.45. The number of carbonyl (C=O) groups excluding carboxylic acids is 1. The molecule has 1 aromatic carbocycles. The van der Waals surface area contributed by atoms with Crippen LogP contribution >= 0.6 is 11.6 Å². The van der Waals surface area contributed by atoms with Crippen LogP contribution in [0.2, 0.25) is 5.02 Å². The van der Waals surface area contributed by atoms with Crippen LogP contribution < -0.4 is 0 Å². The van der Waals surface area contributed by atoms with Crippen molar-refractivity contribution in [1.82, 2.24) is 4.90 Å². The summed E-state index contributed by atoms with van der Waals surface area (Å²) in [6.07, 6.45) is 2.45. The van der Waals surface area contributed by atoms with Crippen LogP contribution in [0.3, 0.4) is 0 Å². The molecule has 3 heteroatoms. The van der Waals surface area contributed by atoms with Gasteiger partial charge < -0.3 is 0 Å². The van der Waals surface area contributed by atoms with Crippen molar-refractivity contribution in [1.29, 1.82) is 0 Å². The Kier molecular flexibility index (Phi) is 3.79. The summed E-state index contributed by atoms with van der Waals surface area (Å²) >= 11 is 5.96. The van der Waals surface area contributed by atoms with E-state index in [1.165, 1.54) is 5.56 Å². The van der Waals surface area contributed by atoms with Gasteiger partial charge in [-0.05, 0) is 44.6 Å². The van der Waals surface area contributed by atoms with Gasteiger partial charge in [0.1, 0.15) is 5.78 Å². The molecule has 1 aromatic rings. The summed E-state index contributed by atoms with van der Waals surface area (Å²) in [5.74, 6) is 0.526. The smallest absolute Gasteiger partial charge is 0.135 e. The molecular formula is C15H20ClNO. The second-order valence-corrected chi connectivity index (χ2v) is 5.94. The van der Waals surface area contributed by atoms with Crippen molar-refractivity contribution in [3.8, 4) is 0 Å². The molecule has 2 atom stereocenters. The fraction of sp³-hybridized carbons (Fsp3) is 0.533. The minimum atomic E-state index is -0.0298. The van der Waals surface area contributed by atoms with E-state index in [9.17, 15) is 4.79 Å². The molecule has 1 aliphatic carbocycles. The zero-order valence-corrected chi connectivity index (χ0v) is 12.0. The van der Waals surface area contributed by atoms with E-state index in [-0.39, 0.29) is 11.5 Å². The van der Waals surface area contributed by atoms with Gasteiger partial charge in [-0.3, -0.25) is 9.69 Å². The largest absolute Gasteiger partial charge is 0.300 e. The molecule has 2 rings (SSSR count). The quantitative estimate of drug-likeness (QED) is 0.816. The highest BCUT2D eigenvalue weighted by atomic mass is 35.5. The Morgan fingerprint density at radius 1 is 1.28 bits per heavy atom. The molecule has 0 radical (unpaired) electrons. The van der Waals surface area contributed by atoms with Gasteiger partial charge in [-0.2, -0.15) is 0 Å². The van der Waals surface area contributed by atoms with Crippen molar-refractivity contribution in [2.24, 2.45) is 5.92 Å². The van der Waals surface area contributed by atoms with E-state index < -0.39 is 0 Å². The van der Waals surface area contributed by atoms with E-state index in [1.54, 1.807) is 0 Å². The van der Waals surface area contributed by atoms with Gasteiger partial charge in [0, 0.05) is 22.9 Å². The third-order valence-corrected chi connectivity index (χ3v) is 4.47. The molecule has 0 saturated heterocycles. The van der Waals surface area contributed by atoms with Crippen LogP contribution in [0.4, 0.5) is 0 Å². The van der Waals surface area contributed by atoms with Gasteiger partial charge in [-0.25, -0.2) is 0 Å². The monoisotopic (exact) mass is 265 g/mol. The molecule has 1 aliphatic rings. The number of Topliss-reactive ketones (excluding diaryl/α,β-unsaturated/α-hetero) is 1. The van der Waals surface area contributed by atoms with E-state index in [2.05, 4.69) is 31.1 Å². The molecule has 0 spiro atoms. The molecule has 98 valence electrons. The van der Waals surface area contributed by atoms with Crippen molar-refractivity contribution >= 4 is 17.4 Å². The van der Waals surface area contributed by atoms with E-state index in [0.717, 1.165) is 17.9 Å². The maximum absolute atomic E-state index is 11.8. The Bertz CT molecular complexity index is 440. The molecular weight excluding hydrogens is 246 g/mol. The van der Waals surface area contributed by atoms with E-state index in [1.807, 2.05) is 19.1 Å². The van der Waals surface area contributed by atoms with Crippen LogP contribution in [0.1, 0.15) is 31.7 Å². The van der Waals surface area contributed by atoms with Gasteiger partial charge in [0.25, 0.3) is 0 Å². The van der Waals surface area contributed by atoms with Crippen molar-refractivity contribution in [3.05, 3.63) is 34.9 Å². The minimum Gasteiger partial charge on any atom is -0.300 e. The Balaban J connectivity index is 2.39. The topological polar surface area (TPSA) is 20.3 Å². The zero-order valence-electron chi connectivity index (χ0n) is 11.2. The highest BCUT2D eigenvalue weighted by Crippen LogP contribution is 2.42. The summed E-state index contributed by atoms with van der Waals surface area (Å²) in [5.41, 5.74) is 1.23. The maximum Gasteiger partial charge on any atom is 0.135 e. The van der Waals surface area contributed by atoms with Crippen molar-refractivity contribution < 1.29 is 4.79 Å². The first-order valence-electron chi connectivity index (χ1n) is 6.42. The van der Waals surface area contributed by atoms with Crippen LogP contribution in [-0.4, -0.2) is 24.8 Å². The summed E-state index contributed by atoms with van der Waals surface area (Å²) in [7, 11) is 4.19. The van der Waals surface area contributed by atoms with Crippen molar-refractivity contribution in [2.75, 3.05) is 14.1 Å². The Labute approximate surface area is 114 Å². The molecule has 18 heavy (non-hydrogen) atoms. The Morgan fingerprint density at radius 3 is 2.39 bits per heavy atom. The maximum atomic E-state index is 11.8. The van der Waals surface area contributed by atoms with E-state index >= 15 is 0 Å². The summed E-state index contributed by atoms with van der Waals surface area (Å²) in [6, 6.07) is 8.04. The van der Waals surface area contributed by atoms with Gasteiger partial charge in [0.05, 0.1) is 0 Å². The SMILES string of the molecule is C[C@@H]1C[C@](c2ccc(Cl)cc2)(N(C)C)CCC1=O. The third kappa shape index (κ3) is 2.32. The van der Waals surface area contributed by atoms with E-state index in [0.29, 0.717) is 12.2 Å². The fourth-order valence-electron chi connectivity index (χ4n) is 2.99. The number of hydrogen-bond donors (Lipinski definition) is 0. The average molecular weight is 266 g/mol. The molecule has 0 heterocycles. The van der Waals surface area contributed by atoms with Crippen LogP contribution in [0.25, 0.3) is 0 Å². The number of carbonyl (C=O) groups is 1. The fourth-order valence-corrected chi connectivity index (χ4v) is 3.11. The lowest BCUT2D eigenvalue weighted by atomic mass is 9.71. The number of benzene rings is 1. The predicted molar refractivity (Wildman–Crippen MR) is 74.8 cm³/mol. The highest BCUT2D eigenvalue weighted by molar-refractivity contribution is 6.30. The lowest BCUT2D eigenvalue weighted by molar-refractivity contribution is -0.127. The van der Waals surface area contributed by atoms with Crippen LogP contribution in [0.5, 0.6) is 0 Å².